The lowest BCUT2D eigenvalue weighted by Crippen LogP contribution is -2.40. The number of benzene rings is 1. The summed E-state index contributed by atoms with van der Waals surface area (Å²) in [6.45, 7) is 5.14. The fourth-order valence-electron chi connectivity index (χ4n) is 4.27. The maximum absolute atomic E-state index is 13.7. The minimum absolute atomic E-state index is 0.0587. The average Bonchev–Trinajstić information content (AvgIpc) is 3.43. The van der Waals surface area contributed by atoms with Gasteiger partial charge in [0.2, 0.25) is 13.1 Å². The number of carbonyl (C=O) groups excluding carboxylic acids is 1. The maximum Gasteiger partial charge on any atom is 0.288 e. The SMILES string of the molecule is O=C(C1=C[C@@H](c2ccc3c(c2)OCO3)C[C@@H](OCCOCCO)O1)N1CCOCCOCCOCCOCC1. The predicted octanol–water partition coefficient (Wildman–Crippen LogP) is 1.06. The second kappa shape index (κ2) is 16.6. The fourth-order valence-corrected chi connectivity index (χ4v) is 4.27. The molecule has 0 spiro atoms. The molecule has 3 aliphatic rings. The van der Waals surface area contributed by atoms with Gasteiger partial charge in [-0.3, -0.25) is 4.79 Å². The molecule has 3 heterocycles. The molecule has 12 heteroatoms. The normalized spacial score (nSPS) is 23.3. The van der Waals surface area contributed by atoms with Gasteiger partial charge in [-0.05, 0) is 23.8 Å². The number of rotatable bonds is 8. The Labute approximate surface area is 228 Å². The van der Waals surface area contributed by atoms with Gasteiger partial charge in [0.1, 0.15) is 0 Å². The summed E-state index contributed by atoms with van der Waals surface area (Å²) >= 11 is 0. The molecule has 0 radical (unpaired) electrons. The van der Waals surface area contributed by atoms with E-state index in [2.05, 4.69) is 0 Å². The number of hydrogen-bond acceptors (Lipinski definition) is 11. The van der Waals surface area contributed by atoms with E-state index in [1.54, 1.807) is 4.90 Å². The topological polar surface area (TPSA) is 124 Å². The Bertz CT molecular complexity index is 896. The molecule has 1 aromatic rings. The number of hydrogen-bond donors (Lipinski definition) is 1. The minimum atomic E-state index is -0.660. The second-order valence-corrected chi connectivity index (χ2v) is 8.98. The summed E-state index contributed by atoms with van der Waals surface area (Å²) in [6.07, 6.45) is 1.68. The van der Waals surface area contributed by atoms with Crippen molar-refractivity contribution in [3.63, 3.8) is 0 Å². The first-order chi connectivity index (χ1) is 19.2. The first-order valence-electron chi connectivity index (χ1n) is 13.4. The summed E-state index contributed by atoms with van der Waals surface area (Å²) in [4.78, 5) is 15.4. The van der Waals surface area contributed by atoms with Crippen LogP contribution in [0.2, 0.25) is 0 Å². The zero-order valence-corrected chi connectivity index (χ0v) is 22.3. The van der Waals surface area contributed by atoms with Crippen LogP contribution in [0.3, 0.4) is 0 Å². The van der Waals surface area contributed by atoms with E-state index in [1.165, 1.54) is 0 Å². The quantitative estimate of drug-likeness (QED) is 0.465. The van der Waals surface area contributed by atoms with Crippen molar-refractivity contribution in [2.75, 3.05) is 99.2 Å². The Morgan fingerprint density at radius 1 is 0.872 bits per heavy atom. The van der Waals surface area contributed by atoms with E-state index >= 15 is 0 Å². The summed E-state index contributed by atoms with van der Waals surface area (Å²) in [6, 6.07) is 5.75. The lowest BCUT2D eigenvalue weighted by molar-refractivity contribution is -0.157. The van der Waals surface area contributed by atoms with Crippen molar-refractivity contribution in [2.24, 2.45) is 0 Å². The van der Waals surface area contributed by atoms with E-state index in [0.29, 0.717) is 90.5 Å². The standard InChI is InChI=1S/C27H39NO11/c29-5-8-33-15-16-36-26-19-22(21-1-2-23-24(17-21)38-20-37-23)18-25(39-26)27(30)28-3-6-31-9-11-34-13-14-35-12-10-32-7-4-28/h1-2,17-18,22,26,29H,3-16,19-20H2/t22-,26+/m1/s1. The van der Waals surface area contributed by atoms with Gasteiger partial charge < -0.3 is 52.6 Å². The highest BCUT2D eigenvalue weighted by molar-refractivity contribution is 5.91. The molecule has 1 N–H and O–H groups in total. The zero-order chi connectivity index (χ0) is 27.1. The van der Waals surface area contributed by atoms with Crippen LogP contribution in [0.4, 0.5) is 0 Å². The van der Waals surface area contributed by atoms with E-state index in [4.69, 9.17) is 47.7 Å². The Hall–Kier alpha value is -2.45. The first-order valence-corrected chi connectivity index (χ1v) is 13.4. The molecule has 0 unspecified atom stereocenters. The van der Waals surface area contributed by atoms with Crippen molar-refractivity contribution in [2.45, 2.75) is 18.6 Å². The van der Waals surface area contributed by atoms with Crippen molar-refractivity contribution < 1.29 is 52.5 Å². The van der Waals surface area contributed by atoms with Crippen molar-refractivity contribution in [1.29, 1.82) is 0 Å². The highest BCUT2D eigenvalue weighted by atomic mass is 16.7. The number of aliphatic hydroxyl groups is 1. The molecule has 218 valence electrons. The second-order valence-electron chi connectivity index (χ2n) is 8.98. The Morgan fingerprint density at radius 3 is 2.23 bits per heavy atom. The third kappa shape index (κ3) is 9.60. The van der Waals surface area contributed by atoms with Crippen LogP contribution >= 0.6 is 0 Å². The smallest absolute Gasteiger partial charge is 0.288 e. The molecular formula is C27H39NO11. The number of amides is 1. The van der Waals surface area contributed by atoms with Crippen LogP contribution < -0.4 is 9.47 Å². The maximum atomic E-state index is 13.7. The number of aliphatic hydroxyl groups excluding tert-OH is 1. The van der Waals surface area contributed by atoms with E-state index in [-0.39, 0.29) is 44.2 Å². The summed E-state index contributed by atoms with van der Waals surface area (Å²) in [5.74, 6) is 1.14. The monoisotopic (exact) mass is 553 g/mol. The van der Waals surface area contributed by atoms with Crippen molar-refractivity contribution in [1.82, 2.24) is 4.90 Å². The van der Waals surface area contributed by atoms with Crippen LogP contribution in [0.1, 0.15) is 17.9 Å². The molecular weight excluding hydrogens is 514 g/mol. The predicted molar refractivity (Wildman–Crippen MR) is 137 cm³/mol. The molecule has 1 amide bonds. The van der Waals surface area contributed by atoms with E-state index in [0.717, 1.165) is 5.56 Å². The van der Waals surface area contributed by atoms with Crippen LogP contribution in [0.25, 0.3) is 0 Å². The molecule has 0 bridgehead atoms. The molecule has 1 fully saturated rings. The van der Waals surface area contributed by atoms with E-state index in [1.807, 2.05) is 24.3 Å². The van der Waals surface area contributed by atoms with E-state index in [9.17, 15) is 4.79 Å². The Morgan fingerprint density at radius 2 is 1.54 bits per heavy atom. The van der Waals surface area contributed by atoms with Gasteiger partial charge in [-0.25, -0.2) is 0 Å². The van der Waals surface area contributed by atoms with Gasteiger partial charge in [-0.15, -0.1) is 0 Å². The molecule has 3 aliphatic heterocycles. The van der Waals surface area contributed by atoms with Crippen LogP contribution in [-0.4, -0.2) is 121 Å². The number of nitrogens with zero attached hydrogens (tertiary/aromatic N) is 1. The molecule has 4 rings (SSSR count). The first kappa shape index (κ1) is 29.5. The summed E-state index contributed by atoms with van der Waals surface area (Å²) < 4.78 is 50.6. The van der Waals surface area contributed by atoms with Gasteiger partial charge in [-0.1, -0.05) is 6.07 Å². The molecule has 0 saturated carbocycles. The lowest BCUT2D eigenvalue weighted by atomic mass is 9.92. The third-order valence-electron chi connectivity index (χ3n) is 6.27. The van der Waals surface area contributed by atoms with Gasteiger partial charge in [0, 0.05) is 25.4 Å². The molecule has 0 aromatic heterocycles. The Balaban J connectivity index is 1.45. The van der Waals surface area contributed by atoms with Crippen molar-refractivity contribution in [3.05, 3.63) is 35.6 Å². The van der Waals surface area contributed by atoms with Gasteiger partial charge in [0.15, 0.2) is 17.3 Å². The van der Waals surface area contributed by atoms with Crippen LogP contribution in [0.5, 0.6) is 11.5 Å². The fraction of sp³-hybridized carbons (Fsp3) is 0.667. The summed E-state index contributed by atoms with van der Waals surface area (Å²) in [5, 5.41) is 8.91. The van der Waals surface area contributed by atoms with Crippen LogP contribution in [-0.2, 0) is 38.0 Å². The molecule has 1 saturated heterocycles. The summed E-state index contributed by atoms with van der Waals surface area (Å²) in [5.41, 5.74) is 0.960. The molecule has 12 nitrogen and oxygen atoms in total. The molecule has 1 aromatic carbocycles. The number of ether oxygens (including phenoxy) is 9. The highest BCUT2D eigenvalue weighted by Gasteiger charge is 2.32. The Kier molecular flexibility index (Phi) is 12.6. The van der Waals surface area contributed by atoms with E-state index < -0.39 is 6.29 Å². The van der Waals surface area contributed by atoms with Gasteiger partial charge in [0.05, 0.1) is 79.3 Å². The molecule has 2 atom stereocenters. The number of carbonyl (C=O) groups is 1. The van der Waals surface area contributed by atoms with Gasteiger partial charge in [0.25, 0.3) is 5.91 Å². The minimum Gasteiger partial charge on any atom is -0.459 e. The largest absolute Gasteiger partial charge is 0.459 e. The third-order valence-corrected chi connectivity index (χ3v) is 6.27. The summed E-state index contributed by atoms with van der Waals surface area (Å²) in [7, 11) is 0. The highest BCUT2D eigenvalue weighted by Crippen LogP contribution is 2.38. The van der Waals surface area contributed by atoms with Gasteiger partial charge in [-0.2, -0.15) is 0 Å². The van der Waals surface area contributed by atoms with Crippen LogP contribution in [0, 0.1) is 0 Å². The van der Waals surface area contributed by atoms with Crippen molar-refractivity contribution in [3.8, 4) is 11.5 Å². The van der Waals surface area contributed by atoms with Crippen LogP contribution in [0.15, 0.2) is 30.0 Å². The number of fused-ring (bicyclic) bond motifs is 1. The molecule has 39 heavy (non-hydrogen) atoms. The van der Waals surface area contributed by atoms with Crippen molar-refractivity contribution >= 4 is 5.91 Å². The number of allylic oxidation sites excluding steroid dienone is 1. The van der Waals surface area contributed by atoms with Gasteiger partial charge >= 0.3 is 0 Å². The zero-order valence-electron chi connectivity index (χ0n) is 22.3. The average molecular weight is 554 g/mol. The molecule has 0 aliphatic carbocycles. The lowest BCUT2D eigenvalue weighted by Gasteiger charge is -2.32.